The summed E-state index contributed by atoms with van der Waals surface area (Å²) < 4.78 is 66.0. The van der Waals surface area contributed by atoms with Crippen molar-refractivity contribution < 1.29 is 26.4 Å². The smallest absolute Gasteiger partial charge is 0.353 e. The summed E-state index contributed by atoms with van der Waals surface area (Å²) in [5, 5.41) is 3.79. The summed E-state index contributed by atoms with van der Waals surface area (Å²) in [7, 11) is -4.00. The molecule has 226 valence electrons. The van der Waals surface area contributed by atoms with E-state index in [9.17, 15) is 26.4 Å². The SMILES string of the molecule is O=C(/C=C/c1ccc(Cl)c(Cl)c1)NCCCCCN1CCCC(CCCNS(=O)(=O)c2cccc(C(F)(F)F)c2)C1. The van der Waals surface area contributed by atoms with Crippen molar-refractivity contribution in [2.24, 2.45) is 5.92 Å². The number of halogens is 5. The first-order valence-electron chi connectivity index (χ1n) is 13.7. The maximum Gasteiger partial charge on any atom is 0.416 e. The normalized spacial score (nSPS) is 16.8. The molecular weight excluding hydrogens is 598 g/mol. The fraction of sp³-hybridized carbons (Fsp3) is 0.483. The Balaban J connectivity index is 1.27. The van der Waals surface area contributed by atoms with Gasteiger partial charge in [0, 0.05) is 25.7 Å². The molecule has 3 rings (SSSR count). The van der Waals surface area contributed by atoms with Gasteiger partial charge in [0.2, 0.25) is 15.9 Å². The van der Waals surface area contributed by atoms with E-state index in [2.05, 4.69) is 14.9 Å². The zero-order chi connectivity index (χ0) is 29.9. The summed E-state index contributed by atoms with van der Waals surface area (Å²) in [4.78, 5) is 14.1. The molecule has 1 heterocycles. The molecule has 0 saturated carbocycles. The van der Waals surface area contributed by atoms with Gasteiger partial charge in [-0.25, -0.2) is 13.1 Å². The van der Waals surface area contributed by atoms with Gasteiger partial charge in [0.05, 0.1) is 20.5 Å². The van der Waals surface area contributed by atoms with Crippen molar-refractivity contribution >= 4 is 45.2 Å². The minimum absolute atomic E-state index is 0.160. The second kappa shape index (κ2) is 15.9. The largest absolute Gasteiger partial charge is 0.416 e. The van der Waals surface area contributed by atoms with Crippen molar-refractivity contribution in [1.29, 1.82) is 0 Å². The highest BCUT2D eigenvalue weighted by atomic mass is 35.5. The summed E-state index contributed by atoms with van der Waals surface area (Å²) in [6.07, 6.45) is 5.11. The van der Waals surface area contributed by atoms with Crippen molar-refractivity contribution in [3.05, 3.63) is 69.7 Å². The Bertz CT molecular complexity index is 1290. The molecule has 1 aliphatic rings. The van der Waals surface area contributed by atoms with Crippen LogP contribution in [0.1, 0.15) is 56.1 Å². The van der Waals surface area contributed by atoms with Gasteiger partial charge in [-0.2, -0.15) is 13.2 Å². The van der Waals surface area contributed by atoms with Gasteiger partial charge >= 0.3 is 6.18 Å². The molecule has 6 nitrogen and oxygen atoms in total. The topological polar surface area (TPSA) is 78.5 Å². The van der Waals surface area contributed by atoms with Crippen LogP contribution in [0.15, 0.2) is 53.4 Å². The number of rotatable bonds is 14. The van der Waals surface area contributed by atoms with E-state index in [0.717, 1.165) is 75.9 Å². The lowest BCUT2D eigenvalue weighted by molar-refractivity contribution is -0.137. The Labute approximate surface area is 250 Å². The molecule has 2 aromatic carbocycles. The fourth-order valence-electron chi connectivity index (χ4n) is 4.81. The Hall–Kier alpha value is -2.11. The van der Waals surface area contributed by atoms with Crippen LogP contribution in [0.2, 0.25) is 10.0 Å². The van der Waals surface area contributed by atoms with Crippen molar-refractivity contribution in [3.63, 3.8) is 0 Å². The van der Waals surface area contributed by atoms with Gasteiger partial charge in [0.15, 0.2) is 0 Å². The number of nitrogens with one attached hydrogen (secondary N) is 2. The number of hydrogen-bond donors (Lipinski definition) is 2. The second-order valence-electron chi connectivity index (χ2n) is 10.2. The van der Waals surface area contributed by atoms with Crippen LogP contribution in [-0.2, 0) is 21.0 Å². The number of hydrogen-bond acceptors (Lipinski definition) is 4. The number of piperidine rings is 1. The van der Waals surface area contributed by atoms with Gasteiger partial charge in [-0.1, -0.05) is 41.8 Å². The van der Waals surface area contributed by atoms with E-state index in [1.807, 2.05) is 0 Å². The van der Waals surface area contributed by atoms with Crippen LogP contribution in [-0.4, -0.2) is 51.9 Å². The molecule has 1 aliphatic heterocycles. The van der Waals surface area contributed by atoms with E-state index in [1.165, 1.54) is 12.1 Å². The number of sulfonamides is 1. The third-order valence-electron chi connectivity index (χ3n) is 6.98. The monoisotopic (exact) mass is 633 g/mol. The van der Waals surface area contributed by atoms with Crippen LogP contribution in [0.4, 0.5) is 13.2 Å². The zero-order valence-electron chi connectivity index (χ0n) is 22.7. The number of amides is 1. The maximum atomic E-state index is 12.9. The van der Waals surface area contributed by atoms with E-state index in [4.69, 9.17) is 23.2 Å². The Morgan fingerprint density at radius 3 is 2.59 bits per heavy atom. The highest BCUT2D eigenvalue weighted by Gasteiger charge is 2.31. The molecule has 0 aromatic heterocycles. The number of carbonyl (C=O) groups is 1. The van der Waals surface area contributed by atoms with E-state index in [1.54, 1.807) is 24.3 Å². The van der Waals surface area contributed by atoms with E-state index >= 15 is 0 Å². The van der Waals surface area contributed by atoms with Crippen LogP contribution in [0.5, 0.6) is 0 Å². The van der Waals surface area contributed by atoms with Crippen LogP contribution in [0.3, 0.4) is 0 Å². The van der Waals surface area contributed by atoms with E-state index < -0.39 is 21.8 Å². The highest BCUT2D eigenvalue weighted by molar-refractivity contribution is 7.89. The summed E-state index contributed by atoms with van der Waals surface area (Å²) in [5.41, 5.74) is -0.188. The van der Waals surface area contributed by atoms with Gasteiger partial charge in [-0.15, -0.1) is 0 Å². The maximum absolute atomic E-state index is 12.9. The number of likely N-dealkylation sites (tertiary alicyclic amines) is 1. The fourth-order valence-corrected chi connectivity index (χ4v) is 6.23. The van der Waals surface area contributed by atoms with Crippen molar-refractivity contribution in [2.75, 3.05) is 32.7 Å². The Morgan fingerprint density at radius 1 is 1.02 bits per heavy atom. The molecule has 2 N–H and O–H groups in total. The zero-order valence-corrected chi connectivity index (χ0v) is 25.1. The second-order valence-corrected chi connectivity index (χ2v) is 12.8. The lowest BCUT2D eigenvalue weighted by atomic mass is 9.93. The number of nitrogens with zero attached hydrogens (tertiary/aromatic N) is 1. The average molecular weight is 635 g/mol. The molecule has 1 fully saturated rings. The van der Waals surface area contributed by atoms with Crippen LogP contribution >= 0.6 is 23.2 Å². The summed E-state index contributed by atoms with van der Waals surface area (Å²) in [6, 6.07) is 8.95. The van der Waals surface area contributed by atoms with Crippen LogP contribution in [0, 0.1) is 5.92 Å². The third-order valence-corrected chi connectivity index (χ3v) is 9.17. The molecule has 1 unspecified atom stereocenters. The lowest BCUT2D eigenvalue weighted by Crippen LogP contribution is -2.36. The van der Waals surface area contributed by atoms with Gasteiger partial charge < -0.3 is 10.2 Å². The van der Waals surface area contributed by atoms with Gasteiger partial charge in [-0.3, -0.25) is 4.79 Å². The first-order valence-corrected chi connectivity index (χ1v) is 16.0. The molecule has 0 aliphatic carbocycles. The van der Waals surface area contributed by atoms with Gasteiger partial charge in [0.25, 0.3) is 0 Å². The molecule has 1 atom stereocenters. The number of carbonyl (C=O) groups excluding carboxylic acids is 1. The van der Waals surface area contributed by atoms with Gasteiger partial charge in [0.1, 0.15) is 0 Å². The lowest BCUT2D eigenvalue weighted by Gasteiger charge is -2.32. The van der Waals surface area contributed by atoms with Crippen molar-refractivity contribution in [1.82, 2.24) is 14.9 Å². The van der Waals surface area contributed by atoms with E-state index in [-0.39, 0.29) is 17.3 Å². The minimum atomic E-state index is -4.60. The first kappa shape index (κ1) is 33.4. The molecule has 0 spiro atoms. The molecule has 1 saturated heterocycles. The predicted molar refractivity (Wildman–Crippen MR) is 157 cm³/mol. The third kappa shape index (κ3) is 11.6. The highest BCUT2D eigenvalue weighted by Crippen LogP contribution is 2.30. The average Bonchev–Trinajstić information content (AvgIpc) is 2.93. The number of benzene rings is 2. The van der Waals surface area contributed by atoms with Gasteiger partial charge in [-0.05, 0) is 99.5 Å². The minimum Gasteiger partial charge on any atom is -0.353 e. The summed E-state index contributed by atoms with van der Waals surface area (Å²) >= 11 is 11.9. The summed E-state index contributed by atoms with van der Waals surface area (Å²) in [5.74, 6) is 0.301. The van der Waals surface area contributed by atoms with Crippen molar-refractivity contribution in [2.45, 2.75) is 56.0 Å². The number of alkyl halides is 3. The predicted octanol–water partition coefficient (Wildman–Crippen LogP) is 6.78. The van der Waals surface area contributed by atoms with Crippen LogP contribution < -0.4 is 10.0 Å². The van der Waals surface area contributed by atoms with Crippen LogP contribution in [0.25, 0.3) is 6.08 Å². The van der Waals surface area contributed by atoms with Crippen molar-refractivity contribution in [3.8, 4) is 0 Å². The molecule has 12 heteroatoms. The molecule has 41 heavy (non-hydrogen) atoms. The Morgan fingerprint density at radius 2 is 1.83 bits per heavy atom. The van der Waals surface area contributed by atoms with E-state index in [0.29, 0.717) is 35.0 Å². The molecule has 0 bridgehead atoms. The number of unbranched alkanes of at least 4 members (excludes halogenated alkanes) is 2. The standard InChI is InChI=1S/C29H36Cl2F3N3O3S/c30-26-13-11-22(19-27(26)31)12-14-28(38)35-15-2-1-3-17-37-18-6-8-23(21-37)7-5-16-36-41(39,40)25-10-4-9-24(20-25)29(32,33)34/h4,9-14,19-20,23,36H,1-3,5-8,15-18,21H2,(H,35,38)/b14-12+. The molecular formula is C29H36Cl2F3N3O3S. The molecule has 1 amide bonds. The first-order chi connectivity index (χ1) is 19.4. The quantitative estimate of drug-likeness (QED) is 0.177. The molecule has 0 radical (unpaired) electrons. The summed E-state index contributed by atoms with van der Waals surface area (Å²) in [6.45, 7) is 3.75. The Kier molecular flexibility index (Phi) is 13.0. The molecule has 2 aromatic rings.